The molecule has 0 atom stereocenters. The van der Waals surface area contributed by atoms with E-state index in [9.17, 15) is 18.0 Å². The first-order chi connectivity index (χ1) is 9.43. The molecule has 0 fully saturated rings. The van der Waals surface area contributed by atoms with E-state index in [1.165, 1.54) is 0 Å². The highest BCUT2D eigenvalue weighted by atomic mass is 127. The molecule has 2 aromatic carbocycles. The summed E-state index contributed by atoms with van der Waals surface area (Å²) >= 11 is 2.12. The number of rotatable bonds is 3. The molecule has 0 spiro atoms. The van der Waals surface area contributed by atoms with Crippen LogP contribution in [0.5, 0.6) is 0 Å². The normalized spacial score (nSPS) is 10.4. The van der Waals surface area contributed by atoms with Crippen molar-refractivity contribution in [3.63, 3.8) is 0 Å². The topological polar surface area (TPSA) is 29.1 Å². The van der Waals surface area contributed by atoms with Crippen molar-refractivity contribution in [3.8, 4) is 0 Å². The molecule has 0 bridgehead atoms. The Hall–Kier alpha value is -1.57. The van der Waals surface area contributed by atoms with Crippen LogP contribution in [0.1, 0.15) is 15.9 Å². The highest BCUT2D eigenvalue weighted by Gasteiger charge is 2.19. The van der Waals surface area contributed by atoms with Crippen LogP contribution in [0.15, 0.2) is 24.3 Å². The van der Waals surface area contributed by atoms with Crippen molar-refractivity contribution in [3.05, 3.63) is 56.4 Å². The molecular formula is C14H9F3INO. The third-order valence-corrected chi connectivity index (χ3v) is 3.44. The lowest BCUT2D eigenvalue weighted by atomic mass is 10.1. The standard InChI is InChI=1S/C14H9F3INO/c1-7-4-9(18)2-3-11(7)19-14-8(6-20)5-10(15)12(16)13(14)17/h2-6,19H,1H3. The van der Waals surface area contributed by atoms with Crippen LogP contribution in [0.2, 0.25) is 0 Å². The molecule has 0 amide bonds. The first-order valence-corrected chi connectivity index (χ1v) is 6.67. The lowest BCUT2D eigenvalue weighted by Gasteiger charge is -2.13. The molecular weight excluding hydrogens is 382 g/mol. The summed E-state index contributed by atoms with van der Waals surface area (Å²) in [6.07, 6.45) is 0.274. The van der Waals surface area contributed by atoms with Gasteiger partial charge in [-0.2, -0.15) is 0 Å². The third kappa shape index (κ3) is 2.79. The molecule has 0 aliphatic carbocycles. The molecule has 2 rings (SSSR count). The smallest absolute Gasteiger partial charge is 0.196 e. The van der Waals surface area contributed by atoms with Crippen LogP contribution in [-0.2, 0) is 0 Å². The van der Waals surface area contributed by atoms with Crippen LogP contribution in [0.3, 0.4) is 0 Å². The van der Waals surface area contributed by atoms with Gasteiger partial charge in [0.25, 0.3) is 0 Å². The lowest BCUT2D eigenvalue weighted by Crippen LogP contribution is -2.04. The summed E-state index contributed by atoms with van der Waals surface area (Å²) in [5, 5.41) is 2.64. The van der Waals surface area contributed by atoms with Crippen LogP contribution in [-0.4, -0.2) is 6.29 Å². The zero-order valence-electron chi connectivity index (χ0n) is 10.3. The molecule has 0 unspecified atom stereocenters. The van der Waals surface area contributed by atoms with Gasteiger partial charge in [-0.25, -0.2) is 13.2 Å². The Bertz CT molecular complexity index is 689. The molecule has 20 heavy (non-hydrogen) atoms. The molecule has 1 N–H and O–H groups in total. The number of aldehydes is 1. The molecule has 104 valence electrons. The SMILES string of the molecule is Cc1cc(I)ccc1Nc1c(C=O)cc(F)c(F)c1F. The predicted octanol–water partition coefficient (Wildman–Crippen LogP) is 4.57. The first-order valence-electron chi connectivity index (χ1n) is 5.60. The van der Waals surface area contributed by atoms with Gasteiger partial charge in [-0.3, -0.25) is 4.79 Å². The zero-order valence-corrected chi connectivity index (χ0v) is 12.5. The Morgan fingerprint density at radius 3 is 2.45 bits per heavy atom. The fourth-order valence-electron chi connectivity index (χ4n) is 1.74. The second kappa shape index (κ2) is 5.82. The van der Waals surface area contributed by atoms with Crippen molar-refractivity contribution in [1.29, 1.82) is 0 Å². The van der Waals surface area contributed by atoms with Gasteiger partial charge >= 0.3 is 0 Å². The average molecular weight is 391 g/mol. The van der Waals surface area contributed by atoms with E-state index in [2.05, 4.69) is 27.9 Å². The quantitative estimate of drug-likeness (QED) is 0.472. The molecule has 0 heterocycles. The van der Waals surface area contributed by atoms with Crippen molar-refractivity contribution >= 4 is 40.3 Å². The molecule has 0 aromatic heterocycles. The number of carbonyl (C=O) groups excluding carboxylic acids is 1. The van der Waals surface area contributed by atoms with Gasteiger partial charge in [0.1, 0.15) is 0 Å². The third-order valence-electron chi connectivity index (χ3n) is 2.77. The van der Waals surface area contributed by atoms with E-state index < -0.39 is 17.5 Å². The van der Waals surface area contributed by atoms with E-state index in [1.54, 1.807) is 19.1 Å². The number of benzene rings is 2. The molecule has 6 heteroatoms. The van der Waals surface area contributed by atoms with Gasteiger partial charge < -0.3 is 5.32 Å². The second-order valence-electron chi connectivity index (χ2n) is 4.15. The van der Waals surface area contributed by atoms with Gasteiger partial charge in [0.05, 0.1) is 5.69 Å². The number of hydrogen-bond donors (Lipinski definition) is 1. The first kappa shape index (κ1) is 14.8. The average Bonchev–Trinajstić information content (AvgIpc) is 2.41. The maximum atomic E-state index is 13.8. The summed E-state index contributed by atoms with van der Waals surface area (Å²) in [4.78, 5) is 10.9. The molecule has 2 nitrogen and oxygen atoms in total. The molecule has 0 saturated carbocycles. The minimum atomic E-state index is -1.61. The van der Waals surface area contributed by atoms with Gasteiger partial charge in [-0.15, -0.1) is 0 Å². The van der Waals surface area contributed by atoms with Crippen molar-refractivity contribution in [2.75, 3.05) is 5.32 Å². The number of halogens is 4. The predicted molar refractivity (Wildman–Crippen MR) is 78.9 cm³/mol. The summed E-state index contributed by atoms with van der Waals surface area (Å²) in [7, 11) is 0. The van der Waals surface area contributed by atoms with Crippen LogP contribution >= 0.6 is 22.6 Å². The van der Waals surface area contributed by atoms with E-state index in [-0.39, 0.29) is 17.5 Å². The summed E-state index contributed by atoms with van der Waals surface area (Å²) < 4.78 is 41.1. The van der Waals surface area contributed by atoms with Gasteiger partial charge in [0.15, 0.2) is 23.7 Å². The summed E-state index contributed by atoms with van der Waals surface area (Å²) in [6, 6.07) is 5.94. The minimum Gasteiger partial charge on any atom is -0.352 e. The fraction of sp³-hybridized carbons (Fsp3) is 0.0714. The van der Waals surface area contributed by atoms with E-state index in [0.29, 0.717) is 11.8 Å². The molecule has 0 aliphatic heterocycles. The molecule has 2 aromatic rings. The zero-order chi connectivity index (χ0) is 14.9. The Morgan fingerprint density at radius 2 is 1.85 bits per heavy atom. The Kier molecular flexibility index (Phi) is 4.32. The van der Waals surface area contributed by atoms with Crippen LogP contribution < -0.4 is 5.32 Å². The summed E-state index contributed by atoms with van der Waals surface area (Å²) in [5.74, 6) is -4.42. The number of aryl methyl sites for hydroxylation is 1. The van der Waals surface area contributed by atoms with Crippen molar-refractivity contribution in [2.45, 2.75) is 6.92 Å². The Labute approximate surface area is 127 Å². The number of nitrogens with one attached hydrogen (secondary N) is 1. The Morgan fingerprint density at radius 1 is 1.15 bits per heavy atom. The monoisotopic (exact) mass is 391 g/mol. The molecule has 0 radical (unpaired) electrons. The minimum absolute atomic E-state index is 0.274. The van der Waals surface area contributed by atoms with Crippen LogP contribution in [0.4, 0.5) is 24.5 Å². The fourth-order valence-corrected chi connectivity index (χ4v) is 2.38. The maximum Gasteiger partial charge on any atom is 0.196 e. The van der Waals surface area contributed by atoms with Gasteiger partial charge in [-0.05, 0) is 59.3 Å². The number of anilines is 2. The van der Waals surface area contributed by atoms with Crippen molar-refractivity contribution in [1.82, 2.24) is 0 Å². The Balaban J connectivity index is 2.53. The van der Waals surface area contributed by atoms with Gasteiger partial charge in [-0.1, -0.05) is 0 Å². The highest BCUT2D eigenvalue weighted by Crippen LogP contribution is 2.29. The van der Waals surface area contributed by atoms with E-state index >= 15 is 0 Å². The number of hydrogen-bond acceptors (Lipinski definition) is 2. The summed E-state index contributed by atoms with van der Waals surface area (Å²) in [5.41, 5.74) is 0.652. The number of carbonyl (C=O) groups is 1. The van der Waals surface area contributed by atoms with Crippen molar-refractivity contribution < 1.29 is 18.0 Å². The maximum absolute atomic E-state index is 13.8. The second-order valence-corrected chi connectivity index (χ2v) is 5.40. The largest absolute Gasteiger partial charge is 0.352 e. The highest BCUT2D eigenvalue weighted by molar-refractivity contribution is 14.1. The lowest BCUT2D eigenvalue weighted by molar-refractivity contribution is 0.112. The van der Waals surface area contributed by atoms with Crippen LogP contribution in [0, 0.1) is 27.9 Å². The molecule has 0 aliphatic rings. The summed E-state index contributed by atoms with van der Waals surface area (Å²) in [6.45, 7) is 1.78. The van der Waals surface area contributed by atoms with E-state index in [1.807, 2.05) is 6.07 Å². The molecule has 0 saturated heterocycles. The van der Waals surface area contributed by atoms with Gasteiger partial charge in [0.2, 0.25) is 0 Å². The van der Waals surface area contributed by atoms with E-state index in [4.69, 9.17) is 0 Å². The van der Waals surface area contributed by atoms with Crippen molar-refractivity contribution in [2.24, 2.45) is 0 Å². The van der Waals surface area contributed by atoms with E-state index in [0.717, 1.165) is 9.13 Å². The van der Waals surface area contributed by atoms with Gasteiger partial charge in [0, 0.05) is 14.8 Å². The van der Waals surface area contributed by atoms with Crippen LogP contribution in [0.25, 0.3) is 0 Å².